The highest BCUT2D eigenvalue weighted by atomic mass is 16.4. The number of H-pyrrole nitrogens is 1. The Kier molecular flexibility index (Phi) is 9.83. The lowest BCUT2D eigenvalue weighted by Gasteiger charge is -2.29. The predicted molar refractivity (Wildman–Crippen MR) is 138 cm³/mol. The van der Waals surface area contributed by atoms with E-state index in [1.54, 1.807) is 12.1 Å². The number of carboxylic acids is 1. The summed E-state index contributed by atoms with van der Waals surface area (Å²) in [5.74, 6) is -2.81. The van der Waals surface area contributed by atoms with Gasteiger partial charge >= 0.3 is 5.97 Å². The minimum atomic E-state index is -1.10. The molecule has 1 fully saturated rings. The number of benzene rings is 1. The van der Waals surface area contributed by atoms with Crippen molar-refractivity contribution in [3.05, 3.63) is 48.0 Å². The van der Waals surface area contributed by atoms with E-state index in [9.17, 15) is 29.4 Å². The fourth-order valence-corrected chi connectivity index (χ4v) is 4.43. The Balaban J connectivity index is 1.85. The lowest BCUT2D eigenvalue weighted by molar-refractivity contribution is -0.149. The van der Waals surface area contributed by atoms with Crippen LogP contribution < -0.4 is 16.4 Å². The van der Waals surface area contributed by atoms with Gasteiger partial charge in [0.15, 0.2) is 0 Å². The summed E-state index contributed by atoms with van der Waals surface area (Å²) >= 11 is 0. The number of amides is 3. The van der Waals surface area contributed by atoms with E-state index in [1.165, 1.54) is 29.6 Å². The van der Waals surface area contributed by atoms with Gasteiger partial charge in [-0.05, 0) is 36.5 Å². The van der Waals surface area contributed by atoms with E-state index >= 15 is 0 Å². The van der Waals surface area contributed by atoms with Gasteiger partial charge in [-0.25, -0.2) is 9.78 Å². The summed E-state index contributed by atoms with van der Waals surface area (Å²) in [6.07, 6.45) is 4.66. The van der Waals surface area contributed by atoms with Gasteiger partial charge < -0.3 is 36.5 Å². The first-order chi connectivity index (χ1) is 18.1. The van der Waals surface area contributed by atoms with Gasteiger partial charge in [0.1, 0.15) is 23.9 Å². The number of nitrogens with one attached hydrogen (secondary N) is 3. The molecule has 3 amide bonds. The molecule has 5 unspecified atom stereocenters. The number of hydrogen-bond donors (Lipinski definition) is 6. The lowest BCUT2D eigenvalue weighted by atomic mass is 9.98. The van der Waals surface area contributed by atoms with Gasteiger partial charge in [-0.1, -0.05) is 32.4 Å². The number of aromatic nitrogens is 2. The van der Waals surface area contributed by atoms with Crippen LogP contribution in [0.25, 0.3) is 0 Å². The van der Waals surface area contributed by atoms with Crippen molar-refractivity contribution >= 4 is 23.7 Å². The fraction of sp³-hybridized carbons (Fsp3) is 0.500. The number of rotatable bonds is 12. The summed E-state index contributed by atoms with van der Waals surface area (Å²) in [4.78, 5) is 59.8. The fourth-order valence-electron chi connectivity index (χ4n) is 4.43. The number of carbonyl (C=O) groups is 4. The maximum atomic E-state index is 13.5. The summed E-state index contributed by atoms with van der Waals surface area (Å²) in [6.45, 7) is 4.01. The molecular weight excluding hydrogens is 492 g/mol. The summed E-state index contributed by atoms with van der Waals surface area (Å²) in [6, 6.07) is 2.20. The van der Waals surface area contributed by atoms with Gasteiger partial charge in [-0.3, -0.25) is 14.4 Å². The topological polar surface area (TPSA) is 191 Å². The van der Waals surface area contributed by atoms with Crippen molar-refractivity contribution in [1.29, 1.82) is 0 Å². The smallest absolute Gasteiger partial charge is 0.326 e. The first-order valence-electron chi connectivity index (χ1n) is 12.8. The van der Waals surface area contributed by atoms with E-state index in [0.717, 1.165) is 0 Å². The highest BCUT2D eigenvalue weighted by molar-refractivity contribution is 5.94. The Bertz CT molecular complexity index is 1110. The molecule has 1 aromatic heterocycles. The van der Waals surface area contributed by atoms with Crippen molar-refractivity contribution in [1.82, 2.24) is 25.5 Å². The third-order valence-electron chi connectivity index (χ3n) is 6.98. The second-order valence-electron chi connectivity index (χ2n) is 9.71. The molecule has 0 saturated carbocycles. The third-order valence-corrected chi connectivity index (χ3v) is 6.98. The number of carbonyl (C=O) groups excluding carboxylic acids is 3. The molecule has 0 radical (unpaired) electrons. The van der Waals surface area contributed by atoms with E-state index in [4.69, 9.17) is 5.73 Å². The molecule has 7 N–H and O–H groups in total. The minimum absolute atomic E-state index is 0.0473. The Morgan fingerprint density at radius 3 is 2.42 bits per heavy atom. The molecule has 0 bridgehead atoms. The molecule has 2 heterocycles. The molecule has 1 aliphatic rings. The number of likely N-dealkylation sites (tertiary alicyclic amines) is 1. The monoisotopic (exact) mass is 528 g/mol. The molecule has 12 nitrogen and oxygen atoms in total. The number of aliphatic carboxylic acids is 1. The maximum absolute atomic E-state index is 13.5. The van der Waals surface area contributed by atoms with Crippen molar-refractivity contribution in [2.24, 2.45) is 11.7 Å². The highest BCUT2D eigenvalue weighted by Crippen LogP contribution is 2.20. The van der Waals surface area contributed by atoms with Gasteiger partial charge in [0, 0.05) is 31.3 Å². The molecule has 12 heteroatoms. The molecule has 1 saturated heterocycles. The second-order valence-corrected chi connectivity index (χ2v) is 9.71. The quantitative estimate of drug-likeness (QED) is 0.227. The van der Waals surface area contributed by atoms with E-state index in [-0.39, 0.29) is 31.1 Å². The number of aromatic amines is 1. The van der Waals surface area contributed by atoms with Crippen LogP contribution in [0.3, 0.4) is 0 Å². The largest absolute Gasteiger partial charge is 0.508 e. The normalized spacial score (nSPS) is 18.3. The number of aromatic hydroxyl groups is 1. The number of carboxylic acid groups (broad SMARTS) is 1. The van der Waals surface area contributed by atoms with E-state index in [0.29, 0.717) is 30.5 Å². The van der Waals surface area contributed by atoms with Crippen molar-refractivity contribution < 1.29 is 29.4 Å². The Labute approximate surface area is 221 Å². The number of imidazole rings is 1. The standard InChI is InChI=1S/C26H36N6O6/c1-3-15(2)22(27)24(35)30-19(12-17-13-28-14-29-17)23(34)31-20(11-16-6-8-18(33)9-7-16)25(36)32-10-4-5-21(32)26(37)38/h6-9,13-15,19-22,33H,3-5,10-12,27H2,1-2H3,(H,28,29)(H,30,35)(H,31,34)(H,37,38). The zero-order valence-corrected chi connectivity index (χ0v) is 21.6. The van der Waals surface area contributed by atoms with Crippen LogP contribution in [0.4, 0.5) is 0 Å². The van der Waals surface area contributed by atoms with Crippen LogP contribution in [-0.4, -0.2) is 79.5 Å². The molecule has 0 spiro atoms. The van der Waals surface area contributed by atoms with Crippen molar-refractivity contribution in [2.45, 2.75) is 70.1 Å². The molecule has 2 aromatic rings. The zero-order valence-electron chi connectivity index (χ0n) is 21.6. The van der Waals surface area contributed by atoms with Crippen LogP contribution in [-0.2, 0) is 32.0 Å². The van der Waals surface area contributed by atoms with E-state index in [2.05, 4.69) is 20.6 Å². The Hall–Kier alpha value is -3.93. The molecule has 1 aliphatic heterocycles. The summed E-state index contributed by atoms with van der Waals surface area (Å²) < 4.78 is 0. The molecule has 206 valence electrons. The molecule has 3 rings (SSSR count). The number of nitrogens with two attached hydrogens (primary N) is 1. The van der Waals surface area contributed by atoms with Crippen molar-refractivity contribution in [2.75, 3.05) is 6.54 Å². The van der Waals surface area contributed by atoms with Crippen molar-refractivity contribution in [3.63, 3.8) is 0 Å². The van der Waals surface area contributed by atoms with Crippen LogP contribution in [0.1, 0.15) is 44.4 Å². The zero-order chi connectivity index (χ0) is 27.8. The molecular formula is C26H36N6O6. The lowest BCUT2D eigenvalue weighted by Crippen LogP contribution is -2.58. The molecule has 5 atom stereocenters. The predicted octanol–water partition coefficient (Wildman–Crippen LogP) is 0.319. The summed E-state index contributed by atoms with van der Waals surface area (Å²) in [5.41, 5.74) is 7.33. The number of hydrogen-bond acceptors (Lipinski definition) is 7. The average molecular weight is 529 g/mol. The minimum Gasteiger partial charge on any atom is -0.508 e. The second kappa shape index (κ2) is 13.0. The van der Waals surface area contributed by atoms with Crippen LogP contribution in [0.15, 0.2) is 36.8 Å². The first-order valence-corrected chi connectivity index (χ1v) is 12.8. The highest BCUT2D eigenvalue weighted by Gasteiger charge is 2.38. The number of phenols is 1. The van der Waals surface area contributed by atoms with Crippen LogP contribution >= 0.6 is 0 Å². The van der Waals surface area contributed by atoms with Gasteiger partial charge in [-0.2, -0.15) is 0 Å². The Morgan fingerprint density at radius 1 is 1.13 bits per heavy atom. The van der Waals surface area contributed by atoms with Crippen molar-refractivity contribution in [3.8, 4) is 5.75 Å². The maximum Gasteiger partial charge on any atom is 0.326 e. The van der Waals surface area contributed by atoms with Gasteiger partial charge in [-0.15, -0.1) is 0 Å². The van der Waals surface area contributed by atoms with E-state index in [1.807, 2.05) is 13.8 Å². The van der Waals surface area contributed by atoms with Crippen LogP contribution in [0, 0.1) is 5.92 Å². The van der Waals surface area contributed by atoms with Gasteiger partial charge in [0.2, 0.25) is 17.7 Å². The van der Waals surface area contributed by atoms with Crippen LogP contribution in [0.5, 0.6) is 5.75 Å². The third kappa shape index (κ3) is 7.31. The molecule has 0 aliphatic carbocycles. The van der Waals surface area contributed by atoms with E-state index < -0.39 is 47.9 Å². The Morgan fingerprint density at radius 2 is 1.82 bits per heavy atom. The van der Waals surface area contributed by atoms with Gasteiger partial charge in [0.05, 0.1) is 12.4 Å². The average Bonchev–Trinajstić information content (AvgIpc) is 3.60. The summed E-state index contributed by atoms with van der Waals surface area (Å²) in [7, 11) is 0. The molecule has 1 aromatic carbocycles. The first kappa shape index (κ1) is 28.6. The number of nitrogens with zero attached hydrogens (tertiary/aromatic N) is 2. The summed E-state index contributed by atoms with van der Waals surface area (Å²) in [5, 5.41) is 24.7. The SMILES string of the molecule is CCC(C)C(N)C(=O)NC(Cc1cnc[nH]1)C(=O)NC(Cc1ccc(O)cc1)C(=O)N1CCCC1C(=O)O. The van der Waals surface area contributed by atoms with Crippen LogP contribution in [0.2, 0.25) is 0 Å². The molecule has 38 heavy (non-hydrogen) atoms. The number of phenolic OH excluding ortho intramolecular Hbond substituents is 1. The van der Waals surface area contributed by atoms with Gasteiger partial charge in [0.25, 0.3) is 0 Å².